The molecular weight excluding hydrogens is 434 g/mol. The zero-order chi connectivity index (χ0) is 23.6. The van der Waals surface area contributed by atoms with Crippen molar-refractivity contribution in [3.8, 4) is 0 Å². The Labute approximate surface area is 201 Å². The molecule has 0 unspecified atom stereocenters. The molecule has 0 aliphatic carbocycles. The molecule has 1 aliphatic rings. The van der Waals surface area contributed by atoms with Gasteiger partial charge in [-0.1, -0.05) is 36.8 Å². The fraction of sp³-hybridized carbons (Fsp3) is 0.538. The number of amides is 1. The number of hydrogen-bond donors (Lipinski definition) is 2. The highest BCUT2D eigenvalue weighted by molar-refractivity contribution is 7.10. The molecule has 33 heavy (non-hydrogen) atoms. The Balaban J connectivity index is 1.74. The van der Waals surface area contributed by atoms with Gasteiger partial charge in [0.05, 0.1) is 18.7 Å². The molecule has 0 spiro atoms. The van der Waals surface area contributed by atoms with E-state index in [9.17, 15) is 9.59 Å². The SMILES string of the molecule is CCOC(=O)[C@H](CCc1ccccc1)N[C@@H](CCCCN)C(=O)N1CCc2ccsc2[C@@H]1C. The first kappa shape index (κ1) is 25.4. The second kappa shape index (κ2) is 12.9. The average Bonchev–Trinajstić information content (AvgIpc) is 3.31. The number of unbranched alkanes of at least 4 members (excludes halogenated alkanes) is 1. The van der Waals surface area contributed by atoms with Crippen LogP contribution in [0.25, 0.3) is 0 Å². The number of carbonyl (C=O) groups excluding carboxylic acids is 2. The molecular formula is C26H37N3O3S. The predicted octanol–water partition coefficient (Wildman–Crippen LogP) is 3.85. The van der Waals surface area contributed by atoms with Crippen LogP contribution in [0.4, 0.5) is 0 Å². The van der Waals surface area contributed by atoms with Gasteiger partial charge in [0.15, 0.2) is 0 Å². The Kier molecular flexibility index (Phi) is 9.91. The molecule has 1 aliphatic heterocycles. The molecule has 1 aromatic heterocycles. The van der Waals surface area contributed by atoms with Crippen LogP contribution < -0.4 is 11.1 Å². The molecule has 3 rings (SSSR count). The summed E-state index contributed by atoms with van der Waals surface area (Å²) in [6.45, 7) is 5.52. The highest BCUT2D eigenvalue weighted by atomic mass is 32.1. The van der Waals surface area contributed by atoms with Crippen LogP contribution in [0.5, 0.6) is 0 Å². The number of nitrogens with two attached hydrogens (primary N) is 1. The van der Waals surface area contributed by atoms with Crippen LogP contribution in [-0.2, 0) is 27.2 Å². The second-order valence-corrected chi connectivity index (χ2v) is 9.55. The lowest BCUT2D eigenvalue weighted by molar-refractivity contribution is -0.146. The number of fused-ring (bicyclic) bond motifs is 1. The molecule has 0 saturated heterocycles. The third-order valence-corrected chi connectivity index (χ3v) is 7.45. The molecule has 0 fully saturated rings. The van der Waals surface area contributed by atoms with Crippen LogP contribution >= 0.6 is 11.3 Å². The number of rotatable bonds is 12. The Morgan fingerprint density at radius 3 is 2.70 bits per heavy atom. The molecule has 2 heterocycles. The Morgan fingerprint density at radius 2 is 1.97 bits per heavy atom. The van der Waals surface area contributed by atoms with Gasteiger partial charge >= 0.3 is 5.97 Å². The summed E-state index contributed by atoms with van der Waals surface area (Å²) in [6, 6.07) is 11.3. The summed E-state index contributed by atoms with van der Waals surface area (Å²) < 4.78 is 5.36. The van der Waals surface area contributed by atoms with Crippen molar-refractivity contribution in [2.45, 2.75) is 70.5 Å². The molecule has 0 bridgehead atoms. The molecule has 2 aromatic rings. The standard InChI is InChI=1S/C26H37N3O3S/c1-3-32-26(31)23(13-12-20-9-5-4-6-10-20)28-22(11-7-8-16-27)25(30)29-17-14-21-15-18-33-24(21)19(29)2/h4-6,9-10,15,18-19,22-23,28H,3,7-8,11-14,16-17,27H2,1-2H3/t19-,22-,23-/m0/s1. The molecule has 3 atom stereocenters. The Morgan fingerprint density at radius 1 is 1.18 bits per heavy atom. The summed E-state index contributed by atoms with van der Waals surface area (Å²) in [5.74, 6) is -0.232. The average molecular weight is 472 g/mol. The van der Waals surface area contributed by atoms with E-state index in [4.69, 9.17) is 10.5 Å². The second-order valence-electron chi connectivity index (χ2n) is 8.60. The topological polar surface area (TPSA) is 84.7 Å². The summed E-state index contributed by atoms with van der Waals surface area (Å²) in [7, 11) is 0. The summed E-state index contributed by atoms with van der Waals surface area (Å²) in [5.41, 5.74) is 8.22. The molecule has 3 N–H and O–H groups in total. The van der Waals surface area contributed by atoms with Gasteiger partial charge in [0.2, 0.25) is 5.91 Å². The number of esters is 1. The highest BCUT2D eigenvalue weighted by Crippen LogP contribution is 2.34. The van der Waals surface area contributed by atoms with Gasteiger partial charge < -0.3 is 15.4 Å². The van der Waals surface area contributed by atoms with Crippen molar-refractivity contribution in [1.82, 2.24) is 10.2 Å². The van der Waals surface area contributed by atoms with Gasteiger partial charge in [-0.3, -0.25) is 14.9 Å². The minimum absolute atomic E-state index is 0.0467. The minimum atomic E-state index is -0.533. The van der Waals surface area contributed by atoms with Gasteiger partial charge in [0.1, 0.15) is 6.04 Å². The van der Waals surface area contributed by atoms with Gasteiger partial charge in [0.25, 0.3) is 0 Å². The monoisotopic (exact) mass is 471 g/mol. The molecule has 1 amide bonds. The van der Waals surface area contributed by atoms with Gasteiger partial charge in [-0.15, -0.1) is 11.3 Å². The van der Waals surface area contributed by atoms with Crippen LogP contribution in [0, 0.1) is 0 Å². The van der Waals surface area contributed by atoms with Crippen LogP contribution in [0.1, 0.15) is 61.6 Å². The number of carbonyl (C=O) groups is 2. The third kappa shape index (κ3) is 6.88. The van der Waals surface area contributed by atoms with Gasteiger partial charge in [-0.05, 0) is 75.1 Å². The largest absolute Gasteiger partial charge is 0.465 e. The first-order valence-electron chi connectivity index (χ1n) is 12.1. The van der Waals surface area contributed by atoms with E-state index in [1.54, 1.807) is 11.3 Å². The molecule has 1 aromatic carbocycles. The Hall–Kier alpha value is -2.22. The fourth-order valence-corrected chi connectivity index (χ4v) is 5.50. The third-order valence-electron chi connectivity index (χ3n) is 6.32. The lowest BCUT2D eigenvalue weighted by atomic mass is 9.99. The van der Waals surface area contributed by atoms with Crippen LogP contribution in [0.15, 0.2) is 41.8 Å². The Bertz CT molecular complexity index is 886. The van der Waals surface area contributed by atoms with Crippen molar-refractivity contribution in [2.75, 3.05) is 19.7 Å². The zero-order valence-electron chi connectivity index (χ0n) is 19.8. The van der Waals surface area contributed by atoms with E-state index in [1.165, 1.54) is 10.4 Å². The van der Waals surface area contributed by atoms with Crippen molar-refractivity contribution >= 4 is 23.2 Å². The number of hydrogen-bond acceptors (Lipinski definition) is 6. The minimum Gasteiger partial charge on any atom is -0.465 e. The van der Waals surface area contributed by atoms with E-state index >= 15 is 0 Å². The number of thiophene rings is 1. The normalized spacial score (nSPS) is 17.3. The van der Waals surface area contributed by atoms with Crippen molar-refractivity contribution in [3.05, 3.63) is 57.8 Å². The number of nitrogens with zero attached hydrogens (tertiary/aromatic N) is 1. The van der Waals surface area contributed by atoms with E-state index in [1.807, 2.05) is 30.0 Å². The molecule has 0 radical (unpaired) electrons. The van der Waals surface area contributed by atoms with Crippen LogP contribution in [0.3, 0.4) is 0 Å². The van der Waals surface area contributed by atoms with Gasteiger partial charge in [0, 0.05) is 11.4 Å². The van der Waals surface area contributed by atoms with E-state index < -0.39 is 12.1 Å². The molecule has 180 valence electrons. The zero-order valence-corrected chi connectivity index (χ0v) is 20.6. The summed E-state index contributed by atoms with van der Waals surface area (Å²) in [5, 5.41) is 5.50. The summed E-state index contributed by atoms with van der Waals surface area (Å²) >= 11 is 1.71. The van der Waals surface area contributed by atoms with E-state index in [0.717, 1.165) is 31.2 Å². The summed E-state index contributed by atoms with van der Waals surface area (Å²) in [6.07, 6.45) is 4.52. The quantitative estimate of drug-likeness (QED) is 0.363. The van der Waals surface area contributed by atoms with Crippen molar-refractivity contribution in [1.29, 1.82) is 0 Å². The maximum absolute atomic E-state index is 13.7. The molecule has 6 nitrogen and oxygen atoms in total. The number of aryl methyl sites for hydroxylation is 1. The van der Waals surface area contributed by atoms with Crippen molar-refractivity contribution in [2.24, 2.45) is 5.73 Å². The predicted molar refractivity (Wildman–Crippen MR) is 133 cm³/mol. The van der Waals surface area contributed by atoms with Gasteiger partial charge in [-0.2, -0.15) is 0 Å². The maximum Gasteiger partial charge on any atom is 0.323 e. The van der Waals surface area contributed by atoms with Crippen molar-refractivity contribution in [3.63, 3.8) is 0 Å². The molecule has 0 saturated carbocycles. The van der Waals surface area contributed by atoms with E-state index in [-0.39, 0.29) is 17.9 Å². The summed E-state index contributed by atoms with van der Waals surface area (Å²) in [4.78, 5) is 29.7. The number of benzene rings is 1. The maximum atomic E-state index is 13.7. The fourth-order valence-electron chi connectivity index (χ4n) is 4.48. The van der Waals surface area contributed by atoms with E-state index in [0.29, 0.717) is 32.5 Å². The van der Waals surface area contributed by atoms with Gasteiger partial charge in [-0.25, -0.2) is 0 Å². The lowest BCUT2D eigenvalue weighted by Gasteiger charge is -2.37. The van der Waals surface area contributed by atoms with E-state index in [2.05, 4.69) is 35.8 Å². The molecule has 7 heteroatoms. The smallest absolute Gasteiger partial charge is 0.323 e. The van der Waals surface area contributed by atoms with Crippen LogP contribution in [-0.4, -0.2) is 48.6 Å². The first-order valence-corrected chi connectivity index (χ1v) is 13.0. The first-order chi connectivity index (χ1) is 16.0. The number of nitrogens with one attached hydrogen (secondary N) is 1. The number of ether oxygens (including phenoxy) is 1. The highest BCUT2D eigenvalue weighted by Gasteiger charge is 2.34. The van der Waals surface area contributed by atoms with Crippen molar-refractivity contribution < 1.29 is 14.3 Å². The lowest BCUT2D eigenvalue weighted by Crippen LogP contribution is -2.54. The van der Waals surface area contributed by atoms with Crippen LogP contribution in [0.2, 0.25) is 0 Å².